The summed E-state index contributed by atoms with van der Waals surface area (Å²) in [4.78, 5) is 11.2. The smallest absolute Gasteiger partial charge is 0.271 e. The third kappa shape index (κ3) is 2.28. The van der Waals surface area contributed by atoms with Crippen molar-refractivity contribution in [2.24, 2.45) is 0 Å². The first kappa shape index (κ1) is 10.6. The van der Waals surface area contributed by atoms with Crippen LogP contribution in [0.25, 0.3) is 0 Å². The molecule has 4 nitrogen and oxygen atoms in total. The fourth-order valence-corrected chi connectivity index (χ4v) is 0.981. The average Bonchev–Trinajstić information content (AvgIpc) is 2.15. The van der Waals surface area contributed by atoms with Gasteiger partial charge in [-0.15, -0.1) is 5.10 Å². The Morgan fingerprint density at radius 3 is 2.29 bits per heavy atom. The second-order valence-electron chi connectivity index (χ2n) is 4.13. The summed E-state index contributed by atoms with van der Waals surface area (Å²) in [5.41, 5.74) is 1.19. The maximum absolute atomic E-state index is 11.2. The van der Waals surface area contributed by atoms with E-state index in [0.717, 1.165) is 5.69 Å². The number of hydrogen-bond donors (Lipinski definition) is 1. The Morgan fingerprint density at radius 1 is 1.29 bits per heavy atom. The van der Waals surface area contributed by atoms with Gasteiger partial charge in [0.15, 0.2) is 5.69 Å². The molecular formula is C10H15N3O. The number of carbonyl (C=O) groups excluding carboxylic acids is 1. The summed E-state index contributed by atoms with van der Waals surface area (Å²) in [5.74, 6) is -0.210. The zero-order valence-electron chi connectivity index (χ0n) is 8.96. The Bertz CT molecular complexity index is 324. The summed E-state index contributed by atoms with van der Waals surface area (Å²) in [7, 11) is 1.57. The summed E-state index contributed by atoms with van der Waals surface area (Å²) in [6.07, 6.45) is 0. The van der Waals surface area contributed by atoms with Crippen LogP contribution in [0.15, 0.2) is 12.1 Å². The lowest BCUT2D eigenvalue weighted by molar-refractivity contribution is 0.0957. The van der Waals surface area contributed by atoms with Crippen LogP contribution in [-0.4, -0.2) is 23.2 Å². The molecule has 0 spiro atoms. The van der Waals surface area contributed by atoms with Crippen LogP contribution >= 0.6 is 0 Å². The highest BCUT2D eigenvalue weighted by molar-refractivity contribution is 5.91. The van der Waals surface area contributed by atoms with Crippen molar-refractivity contribution in [1.82, 2.24) is 15.5 Å². The molecule has 0 saturated carbocycles. The third-order valence-electron chi connectivity index (χ3n) is 1.89. The van der Waals surface area contributed by atoms with Gasteiger partial charge in [0.25, 0.3) is 5.91 Å². The minimum absolute atomic E-state index is 0.0335. The van der Waals surface area contributed by atoms with Gasteiger partial charge in [-0.3, -0.25) is 4.79 Å². The number of rotatable bonds is 1. The SMILES string of the molecule is CNC(=O)c1ccc(C(C)(C)C)nn1. The van der Waals surface area contributed by atoms with Crippen molar-refractivity contribution < 1.29 is 4.79 Å². The summed E-state index contributed by atoms with van der Waals surface area (Å²) >= 11 is 0. The molecule has 1 rings (SSSR count). The second-order valence-corrected chi connectivity index (χ2v) is 4.13. The molecule has 0 fully saturated rings. The molecule has 0 aliphatic rings. The topological polar surface area (TPSA) is 54.9 Å². The lowest BCUT2D eigenvalue weighted by Crippen LogP contribution is -2.21. The molecule has 4 heteroatoms. The van der Waals surface area contributed by atoms with Crippen LogP contribution in [-0.2, 0) is 5.41 Å². The van der Waals surface area contributed by atoms with E-state index in [1.807, 2.05) is 6.07 Å². The monoisotopic (exact) mass is 193 g/mol. The molecule has 0 atom stereocenters. The van der Waals surface area contributed by atoms with E-state index in [-0.39, 0.29) is 11.3 Å². The Morgan fingerprint density at radius 2 is 1.93 bits per heavy atom. The first-order valence-corrected chi connectivity index (χ1v) is 4.51. The highest BCUT2D eigenvalue weighted by Gasteiger charge is 2.16. The zero-order chi connectivity index (χ0) is 10.8. The highest BCUT2D eigenvalue weighted by Crippen LogP contribution is 2.18. The van der Waals surface area contributed by atoms with Gasteiger partial charge in [-0.05, 0) is 12.1 Å². The predicted octanol–water partition coefficient (Wildman–Crippen LogP) is 1.13. The van der Waals surface area contributed by atoms with Crippen molar-refractivity contribution in [2.45, 2.75) is 26.2 Å². The van der Waals surface area contributed by atoms with Gasteiger partial charge >= 0.3 is 0 Å². The van der Waals surface area contributed by atoms with Gasteiger partial charge in [0.2, 0.25) is 0 Å². The van der Waals surface area contributed by atoms with Crippen molar-refractivity contribution in [3.05, 3.63) is 23.5 Å². The van der Waals surface area contributed by atoms with E-state index in [2.05, 4.69) is 36.3 Å². The molecule has 0 radical (unpaired) electrons. The molecule has 1 amide bonds. The van der Waals surface area contributed by atoms with Crippen LogP contribution in [0.5, 0.6) is 0 Å². The van der Waals surface area contributed by atoms with Crippen molar-refractivity contribution in [3.63, 3.8) is 0 Å². The Balaban J connectivity index is 2.95. The normalized spacial score (nSPS) is 11.1. The first-order valence-electron chi connectivity index (χ1n) is 4.51. The van der Waals surface area contributed by atoms with E-state index in [1.165, 1.54) is 0 Å². The van der Waals surface area contributed by atoms with Crippen LogP contribution in [0.3, 0.4) is 0 Å². The number of amides is 1. The van der Waals surface area contributed by atoms with Gasteiger partial charge in [0.05, 0.1) is 5.69 Å². The van der Waals surface area contributed by atoms with Crippen molar-refractivity contribution >= 4 is 5.91 Å². The molecule has 76 valence electrons. The maximum atomic E-state index is 11.2. The number of nitrogens with zero attached hydrogens (tertiary/aromatic N) is 2. The summed E-state index contributed by atoms with van der Waals surface area (Å²) in [6.45, 7) is 6.16. The van der Waals surface area contributed by atoms with Crippen molar-refractivity contribution in [2.75, 3.05) is 7.05 Å². The molecule has 0 saturated heterocycles. The fourth-order valence-electron chi connectivity index (χ4n) is 0.981. The number of carbonyl (C=O) groups is 1. The first-order chi connectivity index (χ1) is 6.45. The molecule has 1 heterocycles. The van der Waals surface area contributed by atoms with Gasteiger partial charge in [-0.2, -0.15) is 5.10 Å². The molecule has 1 aromatic rings. The van der Waals surface area contributed by atoms with E-state index < -0.39 is 0 Å². The Kier molecular flexibility index (Phi) is 2.84. The highest BCUT2D eigenvalue weighted by atomic mass is 16.1. The molecule has 0 aliphatic heterocycles. The summed E-state index contributed by atoms with van der Waals surface area (Å²) in [5, 5.41) is 10.4. The van der Waals surface area contributed by atoms with Gasteiger partial charge < -0.3 is 5.32 Å². The maximum Gasteiger partial charge on any atom is 0.271 e. The molecule has 1 aromatic heterocycles. The average molecular weight is 193 g/mol. The molecule has 0 bridgehead atoms. The van der Waals surface area contributed by atoms with Crippen LogP contribution in [0.4, 0.5) is 0 Å². The fraction of sp³-hybridized carbons (Fsp3) is 0.500. The zero-order valence-corrected chi connectivity index (χ0v) is 8.96. The van der Waals surface area contributed by atoms with Gasteiger partial charge in [-0.1, -0.05) is 20.8 Å². The van der Waals surface area contributed by atoms with Gasteiger partial charge in [0.1, 0.15) is 0 Å². The van der Waals surface area contributed by atoms with E-state index in [1.54, 1.807) is 13.1 Å². The largest absolute Gasteiger partial charge is 0.354 e. The van der Waals surface area contributed by atoms with E-state index in [9.17, 15) is 4.79 Å². The number of nitrogens with one attached hydrogen (secondary N) is 1. The van der Waals surface area contributed by atoms with Crippen molar-refractivity contribution in [1.29, 1.82) is 0 Å². The number of aromatic nitrogens is 2. The van der Waals surface area contributed by atoms with Crippen molar-refractivity contribution in [3.8, 4) is 0 Å². The Labute approximate surface area is 83.7 Å². The molecular weight excluding hydrogens is 178 g/mol. The summed E-state index contributed by atoms with van der Waals surface area (Å²) < 4.78 is 0. The predicted molar refractivity (Wildman–Crippen MR) is 54.1 cm³/mol. The minimum atomic E-state index is -0.210. The lowest BCUT2D eigenvalue weighted by atomic mass is 9.92. The van der Waals surface area contributed by atoms with Crippen LogP contribution in [0, 0.1) is 0 Å². The molecule has 1 N–H and O–H groups in total. The molecule has 0 aliphatic carbocycles. The van der Waals surface area contributed by atoms with E-state index >= 15 is 0 Å². The Hall–Kier alpha value is -1.45. The van der Waals surface area contributed by atoms with E-state index in [0.29, 0.717) is 5.69 Å². The standard InChI is InChI=1S/C10H15N3O/c1-10(2,3)8-6-5-7(12-13-8)9(14)11-4/h5-6H,1-4H3,(H,11,14). The lowest BCUT2D eigenvalue weighted by Gasteiger charge is -2.16. The third-order valence-corrected chi connectivity index (χ3v) is 1.89. The van der Waals surface area contributed by atoms with Crippen LogP contribution < -0.4 is 5.32 Å². The molecule has 14 heavy (non-hydrogen) atoms. The second kappa shape index (κ2) is 3.74. The summed E-state index contributed by atoms with van der Waals surface area (Å²) in [6, 6.07) is 3.52. The van der Waals surface area contributed by atoms with Crippen LogP contribution in [0.1, 0.15) is 37.0 Å². The molecule has 0 aromatic carbocycles. The van der Waals surface area contributed by atoms with Gasteiger partial charge in [-0.25, -0.2) is 0 Å². The quantitative estimate of drug-likeness (QED) is 0.727. The number of hydrogen-bond acceptors (Lipinski definition) is 3. The van der Waals surface area contributed by atoms with E-state index in [4.69, 9.17) is 0 Å². The minimum Gasteiger partial charge on any atom is -0.354 e. The van der Waals surface area contributed by atoms with Crippen LogP contribution in [0.2, 0.25) is 0 Å². The molecule has 0 unspecified atom stereocenters. The van der Waals surface area contributed by atoms with Gasteiger partial charge in [0, 0.05) is 12.5 Å².